The van der Waals surface area contributed by atoms with E-state index < -0.39 is 0 Å². The molecule has 0 bridgehead atoms. The average Bonchev–Trinajstić information content (AvgIpc) is 2.84. The van der Waals surface area contributed by atoms with Crippen molar-refractivity contribution in [2.75, 3.05) is 0 Å². The molecule has 180 valence electrons. The maximum Gasteiger partial charge on any atom is 0.131 e. The Balaban J connectivity index is 0. The van der Waals surface area contributed by atoms with Crippen molar-refractivity contribution in [3.8, 4) is 11.1 Å². The molecule has 2 rings (SSSR count). The normalized spacial score (nSPS) is 10.9. The molecule has 1 unspecified atom stereocenters. The topological polar surface area (TPSA) is 0 Å². The highest BCUT2D eigenvalue weighted by Crippen LogP contribution is 2.29. The minimum Gasteiger partial charge on any atom is -0.206 e. The number of hydrogen-bond donors (Lipinski definition) is 0. The van der Waals surface area contributed by atoms with E-state index in [1.54, 1.807) is 6.07 Å². The van der Waals surface area contributed by atoms with Gasteiger partial charge in [-0.15, -0.1) is 0 Å². The number of rotatable bonds is 8. The van der Waals surface area contributed by atoms with Crippen molar-refractivity contribution in [2.45, 2.75) is 94.4 Å². The third-order valence-electron chi connectivity index (χ3n) is 4.86. The summed E-state index contributed by atoms with van der Waals surface area (Å²) in [4.78, 5) is 0. The molecule has 0 amide bonds. The predicted octanol–water partition coefficient (Wildman–Crippen LogP) is 11.1. The number of allylic oxidation sites excluding steroid dienone is 3. The van der Waals surface area contributed by atoms with Crippen LogP contribution in [-0.2, 0) is 0 Å². The van der Waals surface area contributed by atoms with E-state index in [2.05, 4.69) is 46.4 Å². The summed E-state index contributed by atoms with van der Waals surface area (Å²) in [7, 11) is 0. The largest absolute Gasteiger partial charge is 0.206 e. The van der Waals surface area contributed by atoms with Crippen LogP contribution in [0, 0.1) is 11.7 Å². The molecule has 1 heteroatoms. The van der Waals surface area contributed by atoms with Crippen LogP contribution in [0.4, 0.5) is 4.39 Å². The molecule has 0 saturated heterocycles. The van der Waals surface area contributed by atoms with Crippen molar-refractivity contribution >= 4 is 5.57 Å². The fraction of sp³-hybridized carbons (Fsp3) is 0.484. The van der Waals surface area contributed by atoms with Gasteiger partial charge in [-0.2, -0.15) is 0 Å². The molecular formula is C31H49F. The second kappa shape index (κ2) is 19.5. The van der Waals surface area contributed by atoms with Crippen molar-refractivity contribution < 1.29 is 4.39 Å². The minimum absolute atomic E-state index is 0.200. The first-order chi connectivity index (χ1) is 15.4. The van der Waals surface area contributed by atoms with Crippen LogP contribution in [0.5, 0.6) is 0 Å². The van der Waals surface area contributed by atoms with Gasteiger partial charge in [-0.1, -0.05) is 131 Å². The molecule has 0 aromatic heterocycles. The van der Waals surface area contributed by atoms with E-state index in [1.165, 1.54) is 18.4 Å². The first kappa shape index (κ1) is 32.0. The van der Waals surface area contributed by atoms with Gasteiger partial charge in [0.1, 0.15) is 5.82 Å². The smallest absolute Gasteiger partial charge is 0.131 e. The highest BCUT2D eigenvalue weighted by Gasteiger charge is 2.10. The van der Waals surface area contributed by atoms with E-state index in [-0.39, 0.29) is 5.82 Å². The maximum atomic E-state index is 14.6. The lowest BCUT2D eigenvalue weighted by molar-refractivity contribution is 0.517. The molecule has 0 saturated carbocycles. The summed E-state index contributed by atoms with van der Waals surface area (Å²) >= 11 is 0. The molecule has 1 atom stereocenters. The van der Waals surface area contributed by atoms with Crippen LogP contribution < -0.4 is 0 Å². The molecule has 0 radical (unpaired) electrons. The van der Waals surface area contributed by atoms with Gasteiger partial charge in [0.25, 0.3) is 0 Å². The van der Waals surface area contributed by atoms with Gasteiger partial charge in [0.05, 0.1) is 0 Å². The van der Waals surface area contributed by atoms with E-state index in [9.17, 15) is 4.39 Å². The lowest BCUT2D eigenvalue weighted by atomic mass is 9.91. The summed E-state index contributed by atoms with van der Waals surface area (Å²) in [6, 6.07) is 13.7. The number of hydrogen-bond acceptors (Lipinski definition) is 0. The number of halogens is 1. The molecule has 0 fully saturated rings. The Morgan fingerprint density at radius 2 is 1.44 bits per heavy atom. The van der Waals surface area contributed by atoms with Crippen LogP contribution in [0.1, 0.15) is 106 Å². The monoisotopic (exact) mass is 440 g/mol. The molecule has 0 spiro atoms. The fourth-order valence-corrected chi connectivity index (χ4v) is 3.05. The minimum atomic E-state index is -0.200. The molecule has 0 heterocycles. The highest BCUT2D eigenvalue weighted by atomic mass is 19.1. The van der Waals surface area contributed by atoms with E-state index >= 15 is 0 Å². The zero-order valence-corrected chi connectivity index (χ0v) is 22.6. The Labute approximate surface area is 199 Å². The molecule has 0 aliphatic rings. The summed E-state index contributed by atoms with van der Waals surface area (Å²) < 4.78 is 14.6. The second-order valence-corrected chi connectivity index (χ2v) is 7.52. The van der Waals surface area contributed by atoms with Crippen LogP contribution in [0.3, 0.4) is 0 Å². The Morgan fingerprint density at radius 3 is 1.91 bits per heavy atom. The highest BCUT2D eigenvalue weighted by molar-refractivity contribution is 5.75. The van der Waals surface area contributed by atoms with Gasteiger partial charge in [-0.3, -0.25) is 0 Å². The van der Waals surface area contributed by atoms with Crippen molar-refractivity contribution in [2.24, 2.45) is 5.92 Å². The Morgan fingerprint density at radius 1 is 0.875 bits per heavy atom. The number of benzene rings is 2. The molecular weight excluding hydrogens is 391 g/mol. The summed E-state index contributed by atoms with van der Waals surface area (Å²) in [6.07, 6.45) is 7.35. The Kier molecular flexibility index (Phi) is 19.5. The van der Waals surface area contributed by atoms with Crippen molar-refractivity contribution in [3.05, 3.63) is 78.1 Å². The second-order valence-electron chi connectivity index (χ2n) is 7.52. The molecule has 0 aliphatic carbocycles. The third-order valence-corrected chi connectivity index (χ3v) is 4.86. The van der Waals surface area contributed by atoms with Crippen molar-refractivity contribution in [3.63, 3.8) is 0 Å². The molecule has 0 aliphatic heterocycles. The van der Waals surface area contributed by atoms with Gasteiger partial charge in [0.15, 0.2) is 0 Å². The lowest BCUT2D eigenvalue weighted by Gasteiger charge is -2.14. The fourth-order valence-electron chi connectivity index (χ4n) is 3.05. The lowest BCUT2D eigenvalue weighted by Crippen LogP contribution is -1.97. The van der Waals surface area contributed by atoms with Gasteiger partial charge in [-0.05, 0) is 53.0 Å². The van der Waals surface area contributed by atoms with Crippen LogP contribution in [-0.4, -0.2) is 0 Å². The van der Waals surface area contributed by atoms with E-state index in [4.69, 9.17) is 0 Å². The van der Waals surface area contributed by atoms with Crippen LogP contribution in [0.25, 0.3) is 16.7 Å². The van der Waals surface area contributed by atoms with Gasteiger partial charge >= 0.3 is 0 Å². The quantitative estimate of drug-likeness (QED) is 0.358. The third kappa shape index (κ3) is 11.5. The van der Waals surface area contributed by atoms with Gasteiger partial charge < -0.3 is 0 Å². The summed E-state index contributed by atoms with van der Waals surface area (Å²) in [5.74, 6) is 1.06. The van der Waals surface area contributed by atoms with Crippen LogP contribution >= 0.6 is 0 Å². The van der Waals surface area contributed by atoms with E-state index in [1.807, 2.05) is 78.0 Å². The first-order valence-electron chi connectivity index (χ1n) is 12.7. The SMILES string of the molecule is C=C(/C=C\CC)c1ccc(-c2ccc(C(C)CCC(C)C)cc2)c(F)c1.CC.CC.CC. The van der Waals surface area contributed by atoms with Crippen LogP contribution in [0.15, 0.2) is 61.2 Å². The molecule has 2 aromatic carbocycles. The molecule has 0 nitrogen and oxygen atoms in total. The van der Waals surface area contributed by atoms with E-state index in [0.29, 0.717) is 11.5 Å². The van der Waals surface area contributed by atoms with Gasteiger partial charge in [0, 0.05) is 5.56 Å². The zero-order chi connectivity index (χ0) is 25.1. The summed E-state index contributed by atoms with van der Waals surface area (Å²) in [6.45, 7) is 24.9. The Hall–Kier alpha value is -2.15. The maximum absolute atomic E-state index is 14.6. The van der Waals surface area contributed by atoms with Crippen molar-refractivity contribution in [1.82, 2.24) is 0 Å². The van der Waals surface area contributed by atoms with E-state index in [0.717, 1.165) is 29.0 Å². The summed E-state index contributed by atoms with van der Waals surface area (Å²) in [5.41, 5.74) is 4.55. The Bertz CT molecular complexity index is 751. The molecule has 0 N–H and O–H groups in total. The summed E-state index contributed by atoms with van der Waals surface area (Å²) in [5, 5.41) is 0. The average molecular weight is 441 g/mol. The standard InChI is InChI=1S/C25H31F.3C2H6/c1-6-7-8-19(4)23-15-16-24(25(26)17-23)22-13-11-21(12-14-22)20(5)10-9-18(2)3;3*1-2/h7-8,11-18,20H,4,6,9-10H2,1-3,5H3;3*1-2H3/b8-7-;;;. The zero-order valence-electron chi connectivity index (χ0n) is 22.6. The van der Waals surface area contributed by atoms with Gasteiger partial charge in [-0.25, -0.2) is 4.39 Å². The van der Waals surface area contributed by atoms with Gasteiger partial charge in [0.2, 0.25) is 0 Å². The first-order valence-corrected chi connectivity index (χ1v) is 12.7. The van der Waals surface area contributed by atoms with Crippen molar-refractivity contribution in [1.29, 1.82) is 0 Å². The predicted molar refractivity (Wildman–Crippen MR) is 147 cm³/mol. The molecule has 32 heavy (non-hydrogen) atoms. The van der Waals surface area contributed by atoms with Crippen LogP contribution in [0.2, 0.25) is 0 Å². The molecule has 2 aromatic rings.